The third kappa shape index (κ3) is 5.42. The molecule has 21 heavy (non-hydrogen) atoms. The molecule has 0 bridgehead atoms. The van der Waals surface area contributed by atoms with Crippen LogP contribution in [-0.2, 0) is 0 Å². The van der Waals surface area contributed by atoms with Crippen molar-refractivity contribution in [2.45, 2.75) is 39.1 Å². The standard InChI is InChI=1S/C16H20F3NO/c1-11(2)13(10-20-14-7-8-14)9-12-5-3-4-6-15(12)21-16(17,18)19/h3-6,9,11,14,20H,7-8,10H2,1-2H3. The minimum atomic E-state index is -4.67. The molecule has 0 aromatic heterocycles. The zero-order chi connectivity index (χ0) is 15.5. The van der Waals surface area contributed by atoms with Crippen LogP contribution in [0.1, 0.15) is 32.3 Å². The molecule has 1 N–H and O–H groups in total. The van der Waals surface area contributed by atoms with E-state index in [1.807, 2.05) is 13.8 Å². The van der Waals surface area contributed by atoms with Crippen molar-refractivity contribution in [2.75, 3.05) is 6.54 Å². The first-order chi connectivity index (χ1) is 9.85. The minimum absolute atomic E-state index is 0.158. The first kappa shape index (κ1) is 15.9. The fourth-order valence-electron chi connectivity index (χ4n) is 1.99. The Hall–Kier alpha value is -1.49. The lowest BCUT2D eigenvalue weighted by Crippen LogP contribution is -2.21. The van der Waals surface area contributed by atoms with Crippen molar-refractivity contribution in [3.63, 3.8) is 0 Å². The second-order valence-corrected chi connectivity index (χ2v) is 5.61. The summed E-state index contributed by atoms with van der Waals surface area (Å²) >= 11 is 0. The molecular weight excluding hydrogens is 279 g/mol. The molecule has 0 amide bonds. The van der Waals surface area contributed by atoms with Gasteiger partial charge in [0.25, 0.3) is 0 Å². The SMILES string of the molecule is CC(C)C(=Cc1ccccc1OC(F)(F)F)CNC1CC1. The van der Waals surface area contributed by atoms with E-state index in [2.05, 4.69) is 10.1 Å². The van der Waals surface area contributed by atoms with Crippen LogP contribution in [0.3, 0.4) is 0 Å². The van der Waals surface area contributed by atoms with Gasteiger partial charge in [0.15, 0.2) is 0 Å². The third-order valence-electron chi connectivity index (χ3n) is 3.40. The normalized spacial score (nSPS) is 16.4. The van der Waals surface area contributed by atoms with Crippen LogP contribution in [0.15, 0.2) is 29.8 Å². The Morgan fingerprint density at radius 1 is 1.33 bits per heavy atom. The van der Waals surface area contributed by atoms with Crippen molar-refractivity contribution in [1.29, 1.82) is 0 Å². The molecule has 1 aromatic carbocycles. The summed E-state index contributed by atoms with van der Waals surface area (Å²) in [5, 5.41) is 3.39. The topological polar surface area (TPSA) is 21.3 Å². The summed E-state index contributed by atoms with van der Waals surface area (Å²) in [6.45, 7) is 4.77. The van der Waals surface area contributed by atoms with Crippen LogP contribution >= 0.6 is 0 Å². The molecule has 1 aromatic rings. The quantitative estimate of drug-likeness (QED) is 0.842. The lowest BCUT2D eigenvalue weighted by molar-refractivity contribution is -0.274. The highest BCUT2D eigenvalue weighted by Crippen LogP contribution is 2.29. The molecule has 0 atom stereocenters. The van der Waals surface area contributed by atoms with E-state index in [0.29, 0.717) is 18.2 Å². The maximum atomic E-state index is 12.4. The van der Waals surface area contributed by atoms with Crippen molar-refractivity contribution in [3.8, 4) is 5.75 Å². The smallest absolute Gasteiger partial charge is 0.405 e. The van der Waals surface area contributed by atoms with E-state index in [9.17, 15) is 13.2 Å². The molecule has 1 aliphatic rings. The highest BCUT2D eigenvalue weighted by atomic mass is 19.4. The second kappa shape index (κ2) is 6.52. The number of hydrogen-bond acceptors (Lipinski definition) is 2. The average Bonchev–Trinajstić information content (AvgIpc) is 3.18. The van der Waals surface area contributed by atoms with Gasteiger partial charge in [0, 0.05) is 18.2 Å². The van der Waals surface area contributed by atoms with E-state index >= 15 is 0 Å². The average molecular weight is 299 g/mol. The van der Waals surface area contributed by atoms with Gasteiger partial charge in [-0.1, -0.05) is 43.7 Å². The Balaban J connectivity index is 2.18. The Kier molecular flexibility index (Phi) is 4.93. The first-order valence-electron chi connectivity index (χ1n) is 7.14. The molecule has 1 saturated carbocycles. The number of ether oxygens (including phenoxy) is 1. The number of para-hydroxylation sites is 1. The number of alkyl halides is 3. The first-order valence-corrected chi connectivity index (χ1v) is 7.14. The Morgan fingerprint density at radius 2 is 2.00 bits per heavy atom. The van der Waals surface area contributed by atoms with Gasteiger partial charge >= 0.3 is 6.36 Å². The Labute approximate surface area is 123 Å². The summed E-state index contributed by atoms with van der Waals surface area (Å²) in [5.41, 5.74) is 1.52. The van der Waals surface area contributed by atoms with Crippen LogP contribution in [0.5, 0.6) is 5.75 Å². The molecule has 0 unspecified atom stereocenters. The Morgan fingerprint density at radius 3 is 2.57 bits per heavy atom. The number of rotatable bonds is 6. The van der Waals surface area contributed by atoms with E-state index in [1.165, 1.54) is 25.0 Å². The second-order valence-electron chi connectivity index (χ2n) is 5.61. The van der Waals surface area contributed by atoms with Crippen LogP contribution < -0.4 is 10.1 Å². The maximum absolute atomic E-state index is 12.4. The molecule has 5 heteroatoms. The van der Waals surface area contributed by atoms with Gasteiger partial charge in [-0.05, 0) is 24.8 Å². The highest BCUT2D eigenvalue weighted by Gasteiger charge is 2.31. The molecule has 1 fully saturated rings. The van der Waals surface area contributed by atoms with Crippen LogP contribution in [0.25, 0.3) is 6.08 Å². The number of hydrogen-bond donors (Lipinski definition) is 1. The van der Waals surface area contributed by atoms with Crippen LogP contribution in [0, 0.1) is 5.92 Å². The molecule has 0 saturated heterocycles. The summed E-state index contributed by atoms with van der Waals surface area (Å²) in [7, 11) is 0. The van der Waals surface area contributed by atoms with Gasteiger partial charge in [0.2, 0.25) is 0 Å². The highest BCUT2D eigenvalue weighted by molar-refractivity contribution is 5.60. The fourth-order valence-corrected chi connectivity index (χ4v) is 1.99. The summed E-state index contributed by atoms with van der Waals surface area (Å²) in [6.07, 6.45) is -0.520. The number of benzene rings is 1. The summed E-state index contributed by atoms with van der Waals surface area (Å²) < 4.78 is 41.4. The lowest BCUT2D eigenvalue weighted by Gasteiger charge is -2.15. The maximum Gasteiger partial charge on any atom is 0.573 e. The van der Waals surface area contributed by atoms with Crippen molar-refractivity contribution >= 4 is 6.08 Å². The van der Waals surface area contributed by atoms with E-state index < -0.39 is 6.36 Å². The Bertz CT molecular complexity index is 504. The van der Waals surface area contributed by atoms with Crippen molar-refractivity contribution in [2.24, 2.45) is 5.92 Å². The van der Waals surface area contributed by atoms with Gasteiger partial charge in [-0.2, -0.15) is 0 Å². The number of halogens is 3. The summed E-state index contributed by atoms with van der Waals surface area (Å²) in [5.74, 6) is 0.102. The van der Waals surface area contributed by atoms with Crippen molar-refractivity contribution in [1.82, 2.24) is 5.32 Å². The largest absolute Gasteiger partial charge is 0.573 e. The predicted molar refractivity (Wildman–Crippen MR) is 77.0 cm³/mol. The van der Waals surface area contributed by atoms with Gasteiger partial charge in [-0.15, -0.1) is 13.2 Å². The molecule has 116 valence electrons. The van der Waals surface area contributed by atoms with Gasteiger partial charge < -0.3 is 10.1 Å². The third-order valence-corrected chi connectivity index (χ3v) is 3.40. The molecular formula is C16H20F3NO. The monoisotopic (exact) mass is 299 g/mol. The van der Waals surface area contributed by atoms with Crippen LogP contribution in [-0.4, -0.2) is 18.9 Å². The molecule has 1 aliphatic carbocycles. The predicted octanol–water partition coefficient (Wildman–Crippen LogP) is 4.38. The molecule has 2 rings (SSSR count). The van der Waals surface area contributed by atoms with E-state index in [4.69, 9.17) is 0 Å². The molecule has 0 aliphatic heterocycles. The summed E-state index contributed by atoms with van der Waals surface area (Å²) in [4.78, 5) is 0. The van der Waals surface area contributed by atoms with Gasteiger partial charge in [-0.25, -0.2) is 0 Å². The molecule has 0 radical (unpaired) electrons. The zero-order valence-corrected chi connectivity index (χ0v) is 12.2. The van der Waals surface area contributed by atoms with E-state index in [-0.39, 0.29) is 11.7 Å². The number of nitrogens with one attached hydrogen (secondary N) is 1. The van der Waals surface area contributed by atoms with Gasteiger partial charge in [-0.3, -0.25) is 0 Å². The fraction of sp³-hybridized carbons (Fsp3) is 0.500. The van der Waals surface area contributed by atoms with Crippen molar-refractivity contribution < 1.29 is 17.9 Å². The molecule has 0 heterocycles. The summed E-state index contributed by atoms with van der Waals surface area (Å²) in [6, 6.07) is 6.79. The molecule has 0 spiro atoms. The lowest BCUT2D eigenvalue weighted by atomic mass is 10.00. The molecule has 2 nitrogen and oxygen atoms in total. The van der Waals surface area contributed by atoms with E-state index in [1.54, 1.807) is 18.2 Å². The van der Waals surface area contributed by atoms with Gasteiger partial charge in [0.1, 0.15) is 5.75 Å². The zero-order valence-electron chi connectivity index (χ0n) is 12.2. The van der Waals surface area contributed by atoms with Crippen LogP contribution in [0.2, 0.25) is 0 Å². The van der Waals surface area contributed by atoms with Gasteiger partial charge in [0.05, 0.1) is 0 Å². The van der Waals surface area contributed by atoms with Crippen LogP contribution in [0.4, 0.5) is 13.2 Å². The minimum Gasteiger partial charge on any atom is -0.405 e. The van der Waals surface area contributed by atoms with Crippen molar-refractivity contribution in [3.05, 3.63) is 35.4 Å². The van der Waals surface area contributed by atoms with E-state index in [0.717, 1.165) is 5.57 Å².